The summed E-state index contributed by atoms with van der Waals surface area (Å²) >= 11 is 0. The van der Waals surface area contributed by atoms with Crippen LogP contribution in [-0.2, 0) is 23.5 Å². The third-order valence-corrected chi connectivity index (χ3v) is 4.72. The van der Waals surface area contributed by atoms with Gasteiger partial charge in [0.15, 0.2) is 37.9 Å². The van der Waals surface area contributed by atoms with Crippen LogP contribution in [0, 0.1) is 0 Å². The van der Waals surface area contributed by atoms with Gasteiger partial charge in [0.25, 0.3) is 0 Å². The highest BCUT2D eigenvalue weighted by molar-refractivity contribution is 7.79. The lowest BCUT2D eigenvalue weighted by Gasteiger charge is -2.06. The van der Waals surface area contributed by atoms with Crippen LogP contribution >= 0.6 is 0 Å². The maximum absolute atomic E-state index is 8.52. The topological polar surface area (TPSA) is 88.0 Å². The SMILES string of the molecule is C=Cc1ccc(C[n+]2ccccc2)cc1.C=Cc1ccc(C[n+]2ccccc2)cc1.O=S(=O)([O-])[O-]. The molecule has 0 N–H and O–H groups in total. The van der Waals surface area contributed by atoms with Crippen LogP contribution < -0.4 is 9.13 Å². The summed E-state index contributed by atoms with van der Waals surface area (Å²) < 4.78 is 38.4. The Balaban J connectivity index is 0.000000208. The molecule has 0 spiro atoms. The number of hydrogen-bond acceptors (Lipinski definition) is 4. The van der Waals surface area contributed by atoms with E-state index in [4.69, 9.17) is 17.5 Å². The first-order chi connectivity index (χ1) is 16.8. The van der Waals surface area contributed by atoms with Crippen molar-refractivity contribution in [1.29, 1.82) is 0 Å². The molecule has 7 heteroatoms. The van der Waals surface area contributed by atoms with Crippen molar-refractivity contribution in [3.63, 3.8) is 0 Å². The second-order valence-corrected chi connectivity index (χ2v) is 8.21. The Morgan fingerprint density at radius 1 is 0.600 bits per heavy atom. The summed E-state index contributed by atoms with van der Waals surface area (Å²) in [6.07, 6.45) is 12.0. The van der Waals surface area contributed by atoms with E-state index in [-0.39, 0.29) is 0 Å². The molecular weight excluding hydrogens is 460 g/mol. The largest absolute Gasteiger partial charge is 0.759 e. The number of rotatable bonds is 6. The van der Waals surface area contributed by atoms with Crippen LogP contribution in [0.25, 0.3) is 12.2 Å². The number of aromatic nitrogens is 2. The average molecular weight is 489 g/mol. The molecule has 6 nitrogen and oxygen atoms in total. The fourth-order valence-corrected chi connectivity index (χ4v) is 3.02. The van der Waals surface area contributed by atoms with Crippen LogP contribution in [0.15, 0.2) is 123 Å². The van der Waals surface area contributed by atoms with Gasteiger partial charge in [-0.25, -0.2) is 9.13 Å². The molecule has 2 aromatic heterocycles. The molecule has 2 heterocycles. The molecule has 0 fully saturated rings. The van der Waals surface area contributed by atoms with Crippen LogP contribution in [0.4, 0.5) is 0 Å². The maximum Gasteiger partial charge on any atom is 0.173 e. The third kappa shape index (κ3) is 12.2. The Morgan fingerprint density at radius 2 is 0.886 bits per heavy atom. The molecular formula is C28H28N2O4S. The molecule has 4 rings (SSSR count). The highest BCUT2D eigenvalue weighted by atomic mass is 32.3. The highest BCUT2D eigenvalue weighted by Crippen LogP contribution is 2.05. The summed E-state index contributed by atoms with van der Waals surface area (Å²) in [5, 5.41) is 0. The van der Waals surface area contributed by atoms with Gasteiger partial charge in [-0.05, 0) is 11.1 Å². The Morgan fingerprint density at radius 3 is 1.14 bits per heavy atom. The Kier molecular flexibility index (Phi) is 11.2. The predicted molar refractivity (Wildman–Crippen MR) is 135 cm³/mol. The highest BCUT2D eigenvalue weighted by Gasteiger charge is 2.01. The second kappa shape index (κ2) is 14.4. The van der Waals surface area contributed by atoms with Crippen molar-refractivity contribution in [2.24, 2.45) is 0 Å². The van der Waals surface area contributed by atoms with Gasteiger partial charge in [-0.1, -0.05) is 86.0 Å². The van der Waals surface area contributed by atoms with Gasteiger partial charge in [-0.3, -0.25) is 8.42 Å². The van der Waals surface area contributed by atoms with Gasteiger partial charge in [-0.2, -0.15) is 0 Å². The molecule has 0 radical (unpaired) electrons. The summed E-state index contributed by atoms with van der Waals surface area (Å²) in [7, 11) is -5.17. The molecule has 35 heavy (non-hydrogen) atoms. The zero-order valence-electron chi connectivity index (χ0n) is 19.3. The first-order valence-corrected chi connectivity index (χ1v) is 12.1. The van der Waals surface area contributed by atoms with Gasteiger partial charge >= 0.3 is 0 Å². The van der Waals surface area contributed by atoms with E-state index < -0.39 is 10.4 Å². The van der Waals surface area contributed by atoms with E-state index in [1.165, 1.54) is 11.1 Å². The smallest absolute Gasteiger partial charge is 0.173 e. The molecule has 0 saturated carbocycles. The maximum atomic E-state index is 8.52. The lowest BCUT2D eigenvalue weighted by molar-refractivity contribution is -0.688. The van der Waals surface area contributed by atoms with E-state index in [0.717, 1.165) is 24.2 Å². The number of nitrogens with zero attached hydrogens (tertiary/aromatic N) is 2. The fourth-order valence-electron chi connectivity index (χ4n) is 3.02. The van der Waals surface area contributed by atoms with Crippen LogP contribution in [0.3, 0.4) is 0 Å². The van der Waals surface area contributed by atoms with E-state index in [0.29, 0.717) is 0 Å². The van der Waals surface area contributed by atoms with Crippen molar-refractivity contribution in [2.45, 2.75) is 13.1 Å². The predicted octanol–water partition coefficient (Wildman–Crippen LogP) is 3.99. The molecule has 4 aromatic rings. The van der Waals surface area contributed by atoms with E-state index >= 15 is 0 Å². The zero-order valence-corrected chi connectivity index (χ0v) is 20.1. The van der Waals surface area contributed by atoms with E-state index in [2.05, 4.69) is 95.6 Å². The van der Waals surface area contributed by atoms with Crippen LogP contribution in [0.5, 0.6) is 0 Å². The minimum atomic E-state index is -5.17. The van der Waals surface area contributed by atoms with Crippen molar-refractivity contribution >= 4 is 22.6 Å². The van der Waals surface area contributed by atoms with Crippen LogP contribution in [0.2, 0.25) is 0 Å². The average Bonchev–Trinajstić information content (AvgIpc) is 2.86. The van der Waals surface area contributed by atoms with Gasteiger partial charge in [0.1, 0.15) is 0 Å². The van der Waals surface area contributed by atoms with Crippen molar-refractivity contribution in [1.82, 2.24) is 0 Å². The summed E-state index contributed by atoms with van der Waals surface area (Å²) in [6.45, 7) is 9.31. The first-order valence-electron chi connectivity index (χ1n) is 10.7. The molecule has 0 aliphatic heterocycles. The second-order valence-electron chi connectivity index (χ2n) is 7.40. The van der Waals surface area contributed by atoms with Gasteiger partial charge < -0.3 is 9.11 Å². The molecule has 0 saturated heterocycles. The summed E-state index contributed by atoms with van der Waals surface area (Å²) in [6, 6.07) is 29.1. The lowest BCUT2D eigenvalue weighted by Crippen LogP contribution is -2.32. The summed E-state index contributed by atoms with van der Waals surface area (Å²) in [4.78, 5) is 0. The molecule has 0 amide bonds. The lowest BCUT2D eigenvalue weighted by atomic mass is 10.1. The number of benzene rings is 2. The minimum Gasteiger partial charge on any atom is -0.759 e. The quantitative estimate of drug-likeness (QED) is 0.233. The van der Waals surface area contributed by atoms with Crippen LogP contribution in [-0.4, -0.2) is 17.5 Å². The van der Waals surface area contributed by atoms with Crippen molar-refractivity contribution in [2.75, 3.05) is 0 Å². The fraction of sp³-hybridized carbons (Fsp3) is 0.0714. The molecule has 0 bridgehead atoms. The Hall–Kier alpha value is -3.91. The first kappa shape index (κ1) is 27.3. The molecule has 0 aliphatic carbocycles. The van der Waals surface area contributed by atoms with E-state index in [1.807, 2.05) is 48.6 Å². The third-order valence-electron chi connectivity index (χ3n) is 4.72. The van der Waals surface area contributed by atoms with Crippen molar-refractivity contribution < 1.29 is 26.7 Å². The molecule has 0 unspecified atom stereocenters. The van der Waals surface area contributed by atoms with Gasteiger partial charge in [-0.15, -0.1) is 0 Å². The molecule has 0 aliphatic rings. The van der Waals surface area contributed by atoms with Gasteiger partial charge in [0, 0.05) is 45.8 Å². The number of pyridine rings is 2. The molecule has 2 aromatic carbocycles. The minimum absolute atomic E-state index is 0.915. The summed E-state index contributed by atoms with van der Waals surface area (Å²) in [5.41, 5.74) is 4.93. The normalized spacial score (nSPS) is 10.1. The van der Waals surface area contributed by atoms with E-state index in [9.17, 15) is 0 Å². The zero-order chi connectivity index (χ0) is 25.5. The Bertz CT molecular complexity index is 1180. The standard InChI is InChI=1S/2C14H14N.H2O4S/c2*1-2-13-6-8-14(9-7-13)12-15-10-4-3-5-11-15;1-5(2,3)4/h2*2-11H,1,12H2;(H2,1,2,3,4)/q2*+1;/p-2. The van der Waals surface area contributed by atoms with Crippen LogP contribution in [0.1, 0.15) is 22.3 Å². The van der Waals surface area contributed by atoms with Gasteiger partial charge in [0.05, 0.1) is 0 Å². The number of hydrogen-bond donors (Lipinski definition) is 0. The van der Waals surface area contributed by atoms with E-state index in [1.54, 1.807) is 0 Å². The van der Waals surface area contributed by atoms with Crippen molar-refractivity contribution in [3.8, 4) is 0 Å². The van der Waals surface area contributed by atoms with Gasteiger partial charge in [0.2, 0.25) is 0 Å². The molecule has 180 valence electrons. The van der Waals surface area contributed by atoms with Crippen molar-refractivity contribution in [3.05, 3.63) is 145 Å². The Labute approximate surface area is 207 Å². The molecule has 0 atom stereocenters. The summed E-state index contributed by atoms with van der Waals surface area (Å²) in [5.74, 6) is 0. The monoisotopic (exact) mass is 488 g/mol.